The van der Waals surface area contributed by atoms with Gasteiger partial charge >= 0.3 is 5.97 Å². The minimum absolute atomic E-state index is 0.363. The smallest absolute Gasteiger partial charge is 0.322 e. The second-order valence-electron chi connectivity index (χ2n) is 1.93. The second kappa shape index (κ2) is 4.99. The Hall–Kier alpha value is -0.830. The van der Waals surface area contributed by atoms with Gasteiger partial charge < -0.3 is 10.5 Å². The van der Waals surface area contributed by atoms with Gasteiger partial charge in [-0.25, -0.2) is 0 Å². The van der Waals surface area contributed by atoms with Crippen LogP contribution in [0.15, 0.2) is 12.2 Å². The minimum atomic E-state index is -0.513. The first-order chi connectivity index (χ1) is 4.72. The van der Waals surface area contributed by atoms with Crippen LogP contribution >= 0.6 is 0 Å². The molecule has 58 valence electrons. The number of methoxy groups -OCH3 is 1. The van der Waals surface area contributed by atoms with Crippen LogP contribution in [0.2, 0.25) is 0 Å². The van der Waals surface area contributed by atoms with Crippen molar-refractivity contribution in [3.05, 3.63) is 12.2 Å². The van der Waals surface area contributed by atoms with E-state index in [0.717, 1.165) is 0 Å². The predicted octanol–water partition coefficient (Wildman–Crippen LogP) is 0.453. The van der Waals surface area contributed by atoms with E-state index in [2.05, 4.69) is 4.74 Å². The zero-order valence-corrected chi connectivity index (χ0v) is 6.33. The molecule has 0 saturated carbocycles. The average molecular weight is 143 g/mol. The predicted molar refractivity (Wildman–Crippen MR) is 39.4 cm³/mol. The number of rotatable bonds is 3. The Morgan fingerprint density at radius 2 is 2.40 bits per heavy atom. The Kier molecular flexibility index (Phi) is 4.58. The fraction of sp³-hybridized carbons (Fsp3) is 0.571. The van der Waals surface area contributed by atoms with Crippen LogP contribution in [0.3, 0.4) is 0 Å². The van der Waals surface area contributed by atoms with Crippen molar-refractivity contribution in [2.45, 2.75) is 19.4 Å². The van der Waals surface area contributed by atoms with Crippen molar-refractivity contribution < 1.29 is 9.53 Å². The largest absolute Gasteiger partial charge is 0.468 e. The summed E-state index contributed by atoms with van der Waals surface area (Å²) in [6, 6.07) is -0.513. The van der Waals surface area contributed by atoms with Crippen LogP contribution in [0.25, 0.3) is 0 Å². The van der Waals surface area contributed by atoms with Crippen LogP contribution in [0, 0.1) is 0 Å². The Bertz CT molecular complexity index is 132. The van der Waals surface area contributed by atoms with E-state index >= 15 is 0 Å². The summed E-state index contributed by atoms with van der Waals surface area (Å²) in [6.07, 6.45) is 4.23. The summed E-state index contributed by atoms with van der Waals surface area (Å²) < 4.78 is 4.41. The molecule has 0 saturated heterocycles. The van der Waals surface area contributed by atoms with Gasteiger partial charge in [-0.1, -0.05) is 12.2 Å². The van der Waals surface area contributed by atoms with Gasteiger partial charge in [0.15, 0.2) is 0 Å². The molecule has 0 aliphatic carbocycles. The quantitative estimate of drug-likeness (QED) is 0.461. The number of esters is 1. The third kappa shape index (κ3) is 3.25. The van der Waals surface area contributed by atoms with E-state index in [-0.39, 0.29) is 5.97 Å². The molecular formula is C7H13NO2. The summed E-state index contributed by atoms with van der Waals surface area (Å²) in [5.74, 6) is -0.363. The first-order valence-electron chi connectivity index (χ1n) is 3.17. The molecule has 0 radical (unpaired) electrons. The molecule has 10 heavy (non-hydrogen) atoms. The van der Waals surface area contributed by atoms with Crippen molar-refractivity contribution in [2.75, 3.05) is 7.11 Å². The van der Waals surface area contributed by atoms with Crippen LogP contribution in [0.5, 0.6) is 0 Å². The van der Waals surface area contributed by atoms with Crippen molar-refractivity contribution >= 4 is 5.97 Å². The molecule has 0 aromatic heterocycles. The maximum absolute atomic E-state index is 10.6. The van der Waals surface area contributed by atoms with Crippen LogP contribution < -0.4 is 5.73 Å². The lowest BCUT2D eigenvalue weighted by molar-refractivity contribution is -0.142. The third-order valence-corrected chi connectivity index (χ3v) is 1.13. The summed E-state index contributed by atoms with van der Waals surface area (Å²) in [4.78, 5) is 10.6. The number of nitrogens with two attached hydrogens (primary N) is 1. The highest BCUT2D eigenvalue weighted by Gasteiger charge is 2.10. The number of hydrogen-bond acceptors (Lipinski definition) is 3. The molecule has 0 bridgehead atoms. The zero-order valence-electron chi connectivity index (χ0n) is 6.33. The van der Waals surface area contributed by atoms with Gasteiger partial charge in [0.2, 0.25) is 0 Å². The lowest BCUT2D eigenvalue weighted by atomic mass is 10.2. The lowest BCUT2D eigenvalue weighted by Crippen LogP contribution is -2.30. The summed E-state index contributed by atoms with van der Waals surface area (Å²) in [5, 5.41) is 0. The number of carbonyl (C=O) groups is 1. The summed E-state index contributed by atoms with van der Waals surface area (Å²) >= 11 is 0. The molecule has 0 fully saturated rings. The molecule has 0 aromatic carbocycles. The van der Waals surface area contributed by atoms with E-state index in [9.17, 15) is 4.79 Å². The van der Waals surface area contributed by atoms with Gasteiger partial charge in [-0.2, -0.15) is 0 Å². The summed E-state index contributed by atoms with van der Waals surface area (Å²) in [7, 11) is 1.33. The molecule has 0 amide bonds. The van der Waals surface area contributed by atoms with Crippen molar-refractivity contribution in [3.63, 3.8) is 0 Å². The Balaban J connectivity index is 3.61. The molecule has 3 heteroatoms. The molecule has 0 spiro atoms. The molecule has 0 aliphatic heterocycles. The Morgan fingerprint density at radius 1 is 1.80 bits per heavy atom. The van der Waals surface area contributed by atoms with Gasteiger partial charge in [0.05, 0.1) is 7.11 Å². The standard InChI is InChI=1S/C7H13NO2/c1-3-4-5-6(8)7(9)10-2/h3-4,6H,5,8H2,1-2H3/b4-3+. The zero-order chi connectivity index (χ0) is 7.98. The van der Waals surface area contributed by atoms with Gasteiger partial charge in [-0.3, -0.25) is 4.79 Å². The normalized spacial score (nSPS) is 13.5. The Labute approximate surface area is 60.9 Å². The molecule has 0 aromatic rings. The van der Waals surface area contributed by atoms with Crippen LogP contribution in [-0.2, 0) is 9.53 Å². The highest BCUT2D eigenvalue weighted by atomic mass is 16.5. The molecule has 0 aliphatic rings. The number of carbonyl (C=O) groups excluding carboxylic acids is 1. The van der Waals surface area contributed by atoms with E-state index in [1.165, 1.54) is 7.11 Å². The van der Waals surface area contributed by atoms with E-state index < -0.39 is 6.04 Å². The molecule has 1 atom stereocenters. The van der Waals surface area contributed by atoms with E-state index in [4.69, 9.17) is 5.73 Å². The summed E-state index contributed by atoms with van der Waals surface area (Å²) in [5.41, 5.74) is 5.39. The highest BCUT2D eigenvalue weighted by molar-refractivity contribution is 5.75. The van der Waals surface area contributed by atoms with Gasteiger partial charge in [-0.15, -0.1) is 0 Å². The molecule has 0 rings (SSSR count). The lowest BCUT2D eigenvalue weighted by Gasteiger charge is -2.04. The topological polar surface area (TPSA) is 52.3 Å². The molecule has 0 heterocycles. The van der Waals surface area contributed by atoms with Crippen molar-refractivity contribution in [3.8, 4) is 0 Å². The minimum Gasteiger partial charge on any atom is -0.468 e. The second-order valence-corrected chi connectivity index (χ2v) is 1.93. The van der Waals surface area contributed by atoms with E-state index in [1.54, 1.807) is 0 Å². The molecule has 3 nitrogen and oxygen atoms in total. The van der Waals surface area contributed by atoms with Gasteiger partial charge in [0, 0.05) is 0 Å². The fourth-order valence-corrected chi connectivity index (χ4v) is 0.530. The van der Waals surface area contributed by atoms with Gasteiger partial charge in [0.25, 0.3) is 0 Å². The number of allylic oxidation sites excluding steroid dienone is 1. The fourth-order valence-electron chi connectivity index (χ4n) is 0.530. The van der Waals surface area contributed by atoms with Crippen LogP contribution in [-0.4, -0.2) is 19.1 Å². The monoisotopic (exact) mass is 143 g/mol. The third-order valence-electron chi connectivity index (χ3n) is 1.13. The van der Waals surface area contributed by atoms with Crippen molar-refractivity contribution in [1.29, 1.82) is 0 Å². The first-order valence-corrected chi connectivity index (χ1v) is 3.17. The Morgan fingerprint density at radius 3 is 2.80 bits per heavy atom. The van der Waals surface area contributed by atoms with Crippen molar-refractivity contribution in [1.82, 2.24) is 0 Å². The summed E-state index contributed by atoms with van der Waals surface area (Å²) in [6.45, 7) is 1.88. The van der Waals surface area contributed by atoms with Crippen LogP contribution in [0.1, 0.15) is 13.3 Å². The molecule has 2 N–H and O–H groups in total. The molecular weight excluding hydrogens is 130 g/mol. The SMILES string of the molecule is C/C=C/CC(N)C(=O)OC. The first kappa shape index (κ1) is 9.17. The highest BCUT2D eigenvalue weighted by Crippen LogP contribution is 1.91. The van der Waals surface area contributed by atoms with E-state index in [1.807, 2.05) is 19.1 Å². The van der Waals surface area contributed by atoms with Crippen LogP contribution in [0.4, 0.5) is 0 Å². The maximum Gasteiger partial charge on any atom is 0.322 e. The maximum atomic E-state index is 10.6. The number of hydrogen-bond donors (Lipinski definition) is 1. The average Bonchev–Trinajstić information content (AvgIpc) is 1.98. The number of ether oxygens (including phenoxy) is 1. The van der Waals surface area contributed by atoms with E-state index in [0.29, 0.717) is 6.42 Å². The van der Waals surface area contributed by atoms with Gasteiger partial charge in [0.1, 0.15) is 6.04 Å². The van der Waals surface area contributed by atoms with Crippen molar-refractivity contribution in [2.24, 2.45) is 5.73 Å². The van der Waals surface area contributed by atoms with Gasteiger partial charge in [-0.05, 0) is 13.3 Å². The molecule has 1 unspecified atom stereocenters.